The molecule has 27 heavy (non-hydrogen) atoms. The van der Waals surface area contributed by atoms with Crippen molar-refractivity contribution in [3.05, 3.63) is 35.9 Å². The molecule has 0 spiro atoms. The summed E-state index contributed by atoms with van der Waals surface area (Å²) in [5.41, 5.74) is 1.96. The van der Waals surface area contributed by atoms with E-state index in [1.165, 1.54) is 0 Å². The van der Waals surface area contributed by atoms with Gasteiger partial charge in [0.2, 0.25) is 5.91 Å². The molecule has 0 N–H and O–H groups in total. The summed E-state index contributed by atoms with van der Waals surface area (Å²) < 4.78 is 7.19. The summed E-state index contributed by atoms with van der Waals surface area (Å²) in [6, 6.07) is 2.16. The van der Waals surface area contributed by atoms with Crippen LogP contribution in [0.3, 0.4) is 0 Å². The third kappa shape index (κ3) is 3.80. The molecule has 0 bridgehead atoms. The minimum Gasteiger partial charge on any atom is -0.379 e. The number of hydrogen-bond acceptors (Lipinski definition) is 5. The molecule has 2 aliphatic heterocycles. The molecule has 2 fully saturated rings. The third-order valence-corrected chi connectivity index (χ3v) is 5.76. The first-order valence-corrected chi connectivity index (χ1v) is 9.75. The van der Waals surface area contributed by atoms with E-state index in [2.05, 4.69) is 15.0 Å². The van der Waals surface area contributed by atoms with Crippen LogP contribution in [0.15, 0.2) is 30.9 Å². The summed E-state index contributed by atoms with van der Waals surface area (Å²) in [7, 11) is 1.91. The summed E-state index contributed by atoms with van der Waals surface area (Å²) >= 11 is 6.02. The lowest BCUT2D eigenvalue weighted by atomic mass is 9.94. The number of aromatic nitrogens is 3. The number of likely N-dealkylation sites (N-methyl/N-ethyl adjacent to an activating group) is 1. The van der Waals surface area contributed by atoms with Crippen molar-refractivity contribution < 1.29 is 9.53 Å². The Morgan fingerprint density at radius 3 is 2.74 bits per heavy atom. The van der Waals surface area contributed by atoms with Crippen LogP contribution in [-0.4, -0.2) is 65.0 Å². The van der Waals surface area contributed by atoms with E-state index >= 15 is 0 Å². The number of halogens is 1. The maximum Gasteiger partial charge on any atom is 0.225 e. The topological polar surface area (TPSA) is 63.5 Å². The lowest BCUT2D eigenvalue weighted by Gasteiger charge is -2.36. The Morgan fingerprint density at radius 1 is 1.26 bits per heavy atom. The van der Waals surface area contributed by atoms with Crippen molar-refractivity contribution in [2.45, 2.75) is 25.3 Å². The predicted octanol–water partition coefficient (Wildman–Crippen LogP) is 2.38. The molecule has 1 unspecified atom stereocenters. The minimum atomic E-state index is 0.0751. The Kier molecular flexibility index (Phi) is 5.31. The Balaban J connectivity index is 1.43. The van der Waals surface area contributed by atoms with Crippen molar-refractivity contribution in [2.24, 2.45) is 5.92 Å². The number of piperidine rings is 1. The lowest BCUT2D eigenvalue weighted by molar-refractivity contribution is -0.137. The maximum atomic E-state index is 12.8. The molecule has 1 atom stereocenters. The SMILES string of the molecule is CN(C(=O)C1CCN(c2cnccc2-n2cc(Cl)cn2)CC1)C1CCOC1. The largest absolute Gasteiger partial charge is 0.379 e. The number of carbonyl (C=O) groups is 1. The highest BCUT2D eigenvalue weighted by Gasteiger charge is 2.32. The summed E-state index contributed by atoms with van der Waals surface area (Å²) in [6.45, 7) is 3.05. The third-order valence-electron chi connectivity index (χ3n) is 5.56. The van der Waals surface area contributed by atoms with E-state index in [1.54, 1.807) is 23.3 Å². The molecular formula is C19H24ClN5O2. The fraction of sp³-hybridized carbons (Fsp3) is 0.526. The summed E-state index contributed by atoms with van der Waals surface area (Å²) in [5.74, 6) is 0.321. The van der Waals surface area contributed by atoms with Gasteiger partial charge in [0.05, 0.1) is 41.4 Å². The number of pyridine rings is 1. The zero-order chi connectivity index (χ0) is 18.8. The van der Waals surface area contributed by atoms with E-state index in [0.717, 1.165) is 50.3 Å². The summed E-state index contributed by atoms with van der Waals surface area (Å²) in [6.07, 6.45) is 9.63. The van der Waals surface area contributed by atoms with Gasteiger partial charge in [0.15, 0.2) is 0 Å². The molecule has 2 aromatic rings. The highest BCUT2D eigenvalue weighted by Crippen LogP contribution is 2.29. The van der Waals surface area contributed by atoms with Crippen LogP contribution in [0, 0.1) is 5.92 Å². The van der Waals surface area contributed by atoms with Gasteiger partial charge in [-0.15, -0.1) is 0 Å². The van der Waals surface area contributed by atoms with Gasteiger partial charge in [0, 0.05) is 45.1 Å². The molecule has 2 saturated heterocycles. The molecule has 1 amide bonds. The van der Waals surface area contributed by atoms with Crippen LogP contribution in [0.25, 0.3) is 5.69 Å². The van der Waals surface area contributed by atoms with Crippen LogP contribution in [0.5, 0.6) is 0 Å². The molecule has 144 valence electrons. The van der Waals surface area contributed by atoms with Gasteiger partial charge in [-0.05, 0) is 25.3 Å². The summed E-state index contributed by atoms with van der Waals surface area (Å²) in [5, 5.41) is 4.91. The number of ether oxygens (including phenoxy) is 1. The van der Waals surface area contributed by atoms with Crippen LogP contribution < -0.4 is 4.90 Å². The number of nitrogens with zero attached hydrogens (tertiary/aromatic N) is 5. The van der Waals surface area contributed by atoms with Crippen molar-refractivity contribution >= 4 is 23.2 Å². The summed E-state index contributed by atoms with van der Waals surface area (Å²) in [4.78, 5) is 21.3. The molecule has 2 aliphatic rings. The van der Waals surface area contributed by atoms with Crippen molar-refractivity contribution in [1.29, 1.82) is 0 Å². The molecule has 8 heteroatoms. The number of anilines is 1. The van der Waals surface area contributed by atoms with Crippen LogP contribution in [0.1, 0.15) is 19.3 Å². The second kappa shape index (κ2) is 7.86. The standard InChI is InChI=1S/C19H24ClN5O2/c1-23(16-5-9-27-13-16)19(26)14-3-7-24(8-4-14)18-11-21-6-2-17(18)25-12-15(20)10-22-25/h2,6,10-12,14,16H,3-5,7-9,13H2,1H3. The average molecular weight is 390 g/mol. The second-order valence-electron chi connectivity index (χ2n) is 7.20. The van der Waals surface area contributed by atoms with Crippen LogP contribution >= 0.6 is 11.6 Å². The van der Waals surface area contributed by atoms with E-state index in [4.69, 9.17) is 16.3 Å². The lowest BCUT2D eigenvalue weighted by Crippen LogP contribution is -2.45. The fourth-order valence-electron chi connectivity index (χ4n) is 3.91. The number of carbonyl (C=O) groups excluding carboxylic acids is 1. The Labute approximate surface area is 163 Å². The van der Waals surface area contributed by atoms with E-state index in [9.17, 15) is 4.79 Å². The van der Waals surface area contributed by atoms with Gasteiger partial charge in [0.1, 0.15) is 0 Å². The van der Waals surface area contributed by atoms with Crippen molar-refractivity contribution in [2.75, 3.05) is 38.3 Å². The van der Waals surface area contributed by atoms with E-state index in [1.807, 2.05) is 24.2 Å². The second-order valence-corrected chi connectivity index (χ2v) is 7.63. The van der Waals surface area contributed by atoms with Gasteiger partial charge in [0.25, 0.3) is 0 Å². The van der Waals surface area contributed by atoms with E-state index in [-0.39, 0.29) is 17.9 Å². The van der Waals surface area contributed by atoms with Crippen LogP contribution in [-0.2, 0) is 9.53 Å². The van der Waals surface area contributed by atoms with Crippen molar-refractivity contribution in [3.63, 3.8) is 0 Å². The molecule has 0 aromatic carbocycles. The average Bonchev–Trinajstić information content (AvgIpc) is 3.39. The van der Waals surface area contributed by atoms with Crippen molar-refractivity contribution in [1.82, 2.24) is 19.7 Å². The molecule has 2 aromatic heterocycles. The van der Waals surface area contributed by atoms with E-state index < -0.39 is 0 Å². The maximum absolute atomic E-state index is 12.8. The first kappa shape index (κ1) is 18.3. The number of rotatable bonds is 4. The van der Waals surface area contributed by atoms with Crippen molar-refractivity contribution in [3.8, 4) is 5.69 Å². The normalized spacial score (nSPS) is 20.8. The Morgan fingerprint density at radius 2 is 2.07 bits per heavy atom. The monoisotopic (exact) mass is 389 g/mol. The molecule has 0 radical (unpaired) electrons. The highest BCUT2D eigenvalue weighted by atomic mass is 35.5. The van der Waals surface area contributed by atoms with Gasteiger partial charge in [-0.1, -0.05) is 11.6 Å². The van der Waals surface area contributed by atoms with Gasteiger partial charge >= 0.3 is 0 Å². The smallest absolute Gasteiger partial charge is 0.225 e. The Bertz CT molecular complexity index is 797. The Hall–Kier alpha value is -2.12. The number of amides is 1. The van der Waals surface area contributed by atoms with Gasteiger partial charge in [-0.3, -0.25) is 9.78 Å². The molecule has 4 heterocycles. The zero-order valence-electron chi connectivity index (χ0n) is 15.4. The first-order chi connectivity index (χ1) is 13.1. The van der Waals surface area contributed by atoms with Gasteiger partial charge < -0.3 is 14.5 Å². The molecule has 0 aliphatic carbocycles. The first-order valence-electron chi connectivity index (χ1n) is 9.37. The molecule has 7 nitrogen and oxygen atoms in total. The van der Waals surface area contributed by atoms with Gasteiger partial charge in [-0.25, -0.2) is 4.68 Å². The highest BCUT2D eigenvalue weighted by molar-refractivity contribution is 6.30. The predicted molar refractivity (Wildman–Crippen MR) is 103 cm³/mol. The van der Waals surface area contributed by atoms with Crippen LogP contribution in [0.2, 0.25) is 5.02 Å². The number of hydrogen-bond donors (Lipinski definition) is 0. The fourth-order valence-corrected chi connectivity index (χ4v) is 4.05. The minimum absolute atomic E-state index is 0.0751. The quantitative estimate of drug-likeness (QED) is 0.803. The molecule has 0 saturated carbocycles. The van der Waals surface area contributed by atoms with Crippen LogP contribution in [0.4, 0.5) is 5.69 Å². The van der Waals surface area contributed by atoms with Gasteiger partial charge in [-0.2, -0.15) is 5.10 Å². The van der Waals surface area contributed by atoms with E-state index in [0.29, 0.717) is 11.6 Å². The zero-order valence-corrected chi connectivity index (χ0v) is 16.2. The molecule has 4 rings (SSSR count). The molecular weight excluding hydrogens is 366 g/mol.